The number of benzene rings is 1. The maximum atomic E-state index is 14.9. The molecule has 0 radical (unpaired) electrons. The molecule has 0 spiro atoms. The van der Waals surface area contributed by atoms with E-state index >= 15 is 0 Å². The normalized spacial score (nSPS) is 30.8. The zero-order valence-corrected chi connectivity index (χ0v) is 18.7. The summed E-state index contributed by atoms with van der Waals surface area (Å²) in [6.45, 7) is -5.12. The monoisotopic (exact) mass is 531 g/mol. The van der Waals surface area contributed by atoms with Crippen molar-refractivity contribution in [2.45, 2.75) is 36.9 Å². The summed E-state index contributed by atoms with van der Waals surface area (Å²) in [4.78, 5) is 15.3. The summed E-state index contributed by atoms with van der Waals surface area (Å²) in [7, 11) is 0. The maximum absolute atomic E-state index is 14.9. The lowest BCUT2D eigenvalue weighted by Crippen LogP contribution is -2.54. The summed E-state index contributed by atoms with van der Waals surface area (Å²) >= 11 is 10.9. The van der Waals surface area contributed by atoms with Crippen LogP contribution in [0.4, 0.5) is 23.4 Å². The van der Waals surface area contributed by atoms with Gasteiger partial charge < -0.3 is 20.1 Å². The van der Waals surface area contributed by atoms with Crippen LogP contribution in [0.15, 0.2) is 35.3 Å². The van der Waals surface area contributed by atoms with Crippen LogP contribution in [0, 0.1) is 0 Å². The number of aromatic nitrogens is 2. The summed E-state index contributed by atoms with van der Waals surface area (Å²) in [5, 5.41) is 9.81. The molecular weight excluding hydrogens is 517 g/mol. The second kappa shape index (κ2) is 8.45. The highest BCUT2D eigenvalue weighted by molar-refractivity contribution is 8.07. The molecule has 2 aliphatic heterocycles. The minimum absolute atomic E-state index is 0.0671. The molecule has 3 heterocycles. The van der Waals surface area contributed by atoms with E-state index in [1.54, 1.807) is 24.3 Å². The first-order chi connectivity index (χ1) is 15.4. The number of alkyl halides is 4. The molecule has 1 aromatic carbocycles. The zero-order valence-electron chi connectivity index (χ0n) is 16.2. The van der Waals surface area contributed by atoms with Gasteiger partial charge in [-0.25, -0.2) is 13.6 Å². The number of halogens is 5. The number of anilines is 1. The highest BCUT2D eigenvalue weighted by atomic mass is 35.5. The van der Waals surface area contributed by atoms with E-state index in [1.807, 2.05) is 0 Å². The fourth-order valence-electron chi connectivity index (χ4n) is 3.28. The second-order valence-electron chi connectivity index (χ2n) is 7.16. The quantitative estimate of drug-likeness (QED) is 0.443. The molecule has 2 aliphatic rings. The standard InChI is InChI=1S/C17H15ClF4N3O6PS/c18-9-5-25(15(27)24-11(9)23)14-17(21,22)12(26)16(30-14,13(19)20)7-29-32(33)28-6-8-3-1-2-4-10(8)31-32/h1-5,12-14,26H,6-7H2,(H2,23,24,27). The molecular formula is C17H15ClF4N3O6PS. The van der Waals surface area contributed by atoms with Gasteiger partial charge in [-0.05, 0) is 6.07 Å². The molecule has 4 unspecified atom stereocenters. The van der Waals surface area contributed by atoms with Gasteiger partial charge in [-0.3, -0.25) is 13.6 Å². The smallest absolute Gasteiger partial charge is 0.381 e. The van der Waals surface area contributed by atoms with Gasteiger partial charge in [0.2, 0.25) is 6.23 Å². The number of rotatable bonds is 5. The first-order valence-electron chi connectivity index (χ1n) is 9.12. The first-order valence-corrected chi connectivity index (χ1v) is 12.1. The van der Waals surface area contributed by atoms with Gasteiger partial charge in [0.05, 0.1) is 18.2 Å². The molecule has 1 fully saturated rings. The van der Waals surface area contributed by atoms with Gasteiger partial charge in [-0.2, -0.15) is 13.8 Å². The van der Waals surface area contributed by atoms with E-state index in [-0.39, 0.29) is 16.9 Å². The molecule has 1 saturated heterocycles. The minimum atomic E-state index is -4.39. The Morgan fingerprint density at radius 2 is 2.12 bits per heavy atom. The van der Waals surface area contributed by atoms with E-state index in [4.69, 9.17) is 47.4 Å². The SMILES string of the molecule is Nc1nc(=O)n(C2OC(COP3(=S)OCc4ccccc4O3)(C(F)F)C(O)C2(F)F)cc1Cl. The van der Waals surface area contributed by atoms with Gasteiger partial charge in [0.25, 0.3) is 6.43 Å². The topological polar surface area (TPSA) is 118 Å². The first kappa shape index (κ1) is 24.3. The third-order valence-corrected chi connectivity index (χ3v) is 7.51. The van der Waals surface area contributed by atoms with Crippen molar-refractivity contribution < 1.29 is 41.0 Å². The van der Waals surface area contributed by atoms with E-state index in [2.05, 4.69) is 4.98 Å². The average Bonchev–Trinajstić information content (AvgIpc) is 2.96. The van der Waals surface area contributed by atoms with E-state index in [1.165, 1.54) is 0 Å². The van der Waals surface area contributed by atoms with Crippen molar-refractivity contribution >= 4 is 35.9 Å². The van der Waals surface area contributed by atoms with Crippen LogP contribution in [0.2, 0.25) is 5.02 Å². The number of nitrogen functional groups attached to an aromatic ring is 1. The molecule has 0 saturated carbocycles. The van der Waals surface area contributed by atoms with Crippen molar-refractivity contribution in [1.29, 1.82) is 0 Å². The molecule has 0 amide bonds. The Hall–Kier alpha value is -1.80. The van der Waals surface area contributed by atoms with Gasteiger partial charge in [0, 0.05) is 23.6 Å². The number of fused-ring (bicyclic) bond motifs is 1. The molecule has 180 valence electrons. The predicted octanol–water partition coefficient (Wildman–Crippen LogP) is 2.86. The minimum Gasteiger partial charge on any atom is -0.424 e. The van der Waals surface area contributed by atoms with Gasteiger partial charge in [0.15, 0.2) is 11.7 Å². The Morgan fingerprint density at radius 3 is 2.82 bits per heavy atom. The van der Waals surface area contributed by atoms with Crippen LogP contribution in [-0.2, 0) is 32.2 Å². The lowest BCUT2D eigenvalue weighted by atomic mass is 9.96. The van der Waals surface area contributed by atoms with Gasteiger partial charge in [-0.15, -0.1) is 0 Å². The van der Waals surface area contributed by atoms with Gasteiger partial charge in [0.1, 0.15) is 11.6 Å². The molecule has 1 aromatic heterocycles. The van der Waals surface area contributed by atoms with Crippen molar-refractivity contribution in [2.75, 3.05) is 12.3 Å². The summed E-state index contributed by atoms with van der Waals surface area (Å²) in [6, 6.07) is 6.55. The second-order valence-corrected chi connectivity index (χ2v) is 10.5. The number of hydrogen-bond donors (Lipinski definition) is 2. The molecule has 16 heteroatoms. The summed E-state index contributed by atoms with van der Waals surface area (Å²) in [6.07, 6.45) is -8.87. The molecule has 9 nitrogen and oxygen atoms in total. The lowest BCUT2D eigenvalue weighted by molar-refractivity contribution is -0.193. The largest absolute Gasteiger partial charge is 0.424 e. The van der Waals surface area contributed by atoms with Crippen LogP contribution in [0.1, 0.15) is 11.8 Å². The van der Waals surface area contributed by atoms with Crippen LogP contribution in [0.5, 0.6) is 5.75 Å². The Kier molecular flexibility index (Phi) is 6.23. The Bertz CT molecular complexity index is 1190. The fraction of sp³-hybridized carbons (Fsp3) is 0.412. The molecule has 0 bridgehead atoms. The summed E-state index contributed by atoms with van der Waals surface area (Å²) < 4.78 is 79.1. The summed E-state index contributed by atoms with van der Waals surface area (Å²) in [5.41, 5.74) is 1.31. The maximum Gasteiger partial charge on any atom is 0.381 e. The molecule has 4 rings (SSSR count). The van der Waals surface area contributed by atoms with Crippen molar-refractivity contribution in [3.63, 3.8) is 0 Å². The van der Waals surface area contributed by atoms with Crippen molar-refractivity contribution in [1.82, 2.24) is 9.55 Å². The Morgan fingerprint density at radius 1 is 1.42 bits per heavy atom. The van der Waals surface area contributed by atoms with E-state index in [9.17, 15) is 27.5 Å². The highest BCUT2D eigenvalue weighted by Gasteiger charge is 2.71. The van der Waals surface area contributed by atoms with E-state index in [0.717, 1.165) is 0 Å². The van der Waals surface area contributed by atoms with Crippen LogP contribution >= 0.6 is 18.3 Å². The molecule has 0 aliphatic carbocycles. The van der Waals surface area contributed by atoms with Crippen LogP contribution in [0.3, 0.4) is 0 Å². The van der Waals surface area contributed by atoms with Crippen LogP contribution < -0.4 is 15.9 Å². The number of aliphatic hydroxyl groups excluding tert-OH is 1. The number of hydrogen-bond acceptors (Lipinski definition) is 9. The molecule has 3 N–H and O–H groups in total. The fourth-order valence-corrected chi connectivity index (χ4v) is 5.24. The van der Waals surface area contributed by atoms with Crippen LogP contribution in [-0.4, -0.2) is 45.3 Å². The predicted molar refractivity (Wildman–Crippen MR) is 110 cm³/mol. The molecule has 2 aromatic rings. The molecule has 33 heavy (non-hydrogen) atoms. The summed E-state index contributed by atoms with van der Waals surface area (Å²) in [5.74, 6) is -4.57. The third kappa shape index (κ3) is 4.14. The van der Waals surface area contributed by atoms with E-state index < -0.39 is 60.1 Å². The Labute approximate surface area is 193 Å². The number of ether oxygens (including phenoxy) is 1. The van der Waals surface area contributed by atoms with Crippen molar-refractivity contribution in [2.24, 2.45) is 0 Å². The van der Waals surface area contributed by atoms with Crippen molar-refractivity contribution in [3.8, 4) is 5.75 Å². The van der Waals surface area contributed by atoms with Gasteiger partial charge in [-0.1, -0.05) is 29.8 Å². The third-order valence-electron chi connectivity index (χ3n) is 5.05. The number of nitrogens with zero attached hydrogens (tertiary/aromatic N) is 2. The lowest BCUT2D eigenvalue weighted by Gasteiger charge is -2.34. The van der Waals surface area contributed by atoms with E-state index in [0.29, 0.717) is 11.8 Å². The highest BCUT2D eigenvalue weighted by Crippen LogP contribution is 2.57. The van der Waals surface area contributed by atoms with Gasteiger partial charge >= 0.3 is 18.3 Å². The molecule has 4 atom stereocenters. The number of aliphatic hydroxyl groups is 1. The van der Waals surface area contributed by atoms with Crippen molar-refractivity contribution in [3.05, 3.63) is 51.5 Å². The van der Waals surface area contributed by atoms with Crippen LogP contribution in [0.25, 0.3) is 0 Å². The number of para-hydroxylation sites is 1. The average molecular weight is 532 g/mol. The Balaban J connectivity index is 1.64. The number of nitrogens with two attached hydrogens (primary N) is 1. The zero-order chi connectivity index (χ0) is 24.2.